The molecule has 1 fully saturated rings. The Hall–Kier alpha value is -4.71. The first-order valence-electron chi connectivity index (χ1n) is 16.7. The second-order valence-corrected chi connectivity index (χ2v) is 12.1. The Balaban J connectivity index is 0.898. The molecule has 6 N–H and O–H groups in total. The number of para-hydroxylation sites is 1. The second kappa shape index (κ2) is 17.4. The summed E-state index contributed by atoms with van der Waals surface area (Å²) in [7, 11) is 0. The smallest absolute Gasteiger partial charge is 0.411 e. The van der Waals surface area contributed by atoms with Crippen LogP contribution in [0.1, 0.15) is 50.2 Å². The zero-order chi connectivity index (χ0) is 33.7. The van der Waals surface area contributed by atoms with E-state index in [0.29, 0.717) is 48.2 Å². The molecule has 3 aromatic carbocycles. The minimum atomic E-state index is -0.788. The molecule has 0 aliphatic carbocycles. The topological polar surface area (TPSA) is 156 Å². The van der Waals surface area contributed by atoms with Gasteiger partial charge in [0.25, 0.3) is 0 Å². The van der Waals surface area contributed by atoms with E-state index in [1.165, 1.54) is 12.1 Å². The summed E-state index contributed by atoms with van der Waals surface area (Å²) in [5.74, 6) is 0.00245. The lowest BCUT2D eigenvalue weighted by molar-refractivity contribution is -0.121. The van der Waals surface area contributed by atoms with Gasteiger partial charge in [-0.1, -0.05) is 61.0 Å². The fourth-order valence-corrected chi connectivity index (χ4v) is 6.03. The number of nitrogens with zero attached hydrogens (tertiary/aromatic N) is 1. The number of phenolic OH excluding ortho intramolecular Hbond substituents is 1. The van der Waals surface area contributed by atoms with Crippen LogP contribution in [0.3, 0.4) is 0 Å². The molecule has 0 bridgehead atoms. The Labute approximate surface area is 280 Å². The molecule has 2 heterocycles. The van der Waals surface area contributed by atoms with E-state index in [-0.39, 0.29) is 23.3 Å². The number of fused-ring (bicyclic) bond motifs is 1. The number of hydrogen-bond acceptors (Lipinski definition) is 8. The summed E-state index contributed by atoms with van der Waals surface area (Å²) in [6.45, 7) is 3.91. The molecular formula is C37H45N5O6. The summed E-state index contributed by atoms with van der Waals surface area (Å²) < 4.78 is 5.72. The van der Waals surface area contributed by atoms with Gasteiger partial charge < -0.3 is 35.5 Å². The van der Waals surface area contributed by atoms with E-state index in [1.807, 2.05) is 54.6 Å². The average Bonchev–Trinajstić information content (AvgIpc) is 3.10. The highest BCUT2D eigenvalue weighted by molar-refractivity contribution is 5.91. The van der Waals surface area contributed by atoms with Crippen LogP contribution >= 0.6 is 0 Å². The van der Waals surface area contributed by atoms with E-state index >= 15 is 0 Å². The Morgan fingerprint density at radius 1 is 0.917 bits per heavy atom. The van der Waals surface area contributed by atoms with Gasteiger partial charge in [-0.05, 0) is 61.6 Å². The molecule has 0 spiro atoms. The number of rotatable bonds is 15. The molecule has 1 aliphatic rings. The van der Waals surface area contributed by atoms with E-state index in [0.717, 1.165) is 62.9 Å². The predicted molar refractivity (Wildman–Crippen MR) is 187 cm³/mol. The van der Waals surface area contributed by atoms with Gasteiger partial charge in [0.2, 0.25) is 11.5 Å². The Bertz CT molecular complexity index is 1700. The Morgan fingerprint density at radius 2 is 1.67 bits per heavy atom. The first-order chi connectivity index (χ1) is 23.4. The third kappa shape index (κ3) is 9.90. The average molecular weight is 656 g/mol. The normalized spacial score (nSPS) is 14.4. The number of ether oxygens (including phenoxy) is 1. The SMILES string of the molecule is O=C(CCN1CCC(OC(=O)Nc2ccccc2-c2ccccc2)CC1)NCCCCCNCC(O)c1ccc(O)c2[nH]c(=O)ccc12. The molecule has 0 radical (unpaired) electrons. The number of aliphatic hydroxyl groups is 1. The number of aromatic hydroxyl groups is 1. The van der Waals surface area contributed by atoms with E-state index < -0.39 is 12.2 Å². The van der Waals surface area contributed by atoms with E-state index in [2.05, 4.69) is 25.8 Å². The molecule has 1 atom stereocenters. The maximum Gasteiger partial charge on any atom is 0.411 e. The summed E-state index contributed by atoms with van der Waals surface area (Å²) in [6.07, 6.45) is 3.20. The molecule has 2 amide bonds. The molecule has 1 unspecified atom stereocenters. The molecule has 11 heteroatoms. The summed E-state index contributed by atoms with van der Waals surface area (Å²) in [4.78, 5) is 41.5. The number of carbonyl (C=O) groups is 2. The van der Waals surface area contributed by atoms with Crippen LogP contribution < -0.4 is 21.5 Å². The molecule has 11 nitrogen and oxygen atoms in total. The quantitative estimate of drug-likeness (QED) is 0.0987. The first kappa shape index (κ1) is 34.6. The van der Waals surface area contributed by atoms with Crippen LogP contribution in [0.4, 0.5) is 10.5 Å². The van der Waals surface area contributed by atoms with Crippen molar-refractivity contribution in [3.63, 3.8) is 0 Å². The van der Waals surface area contributed by atoms with Crippen molar-refractivity contribution in [3.8, 4) is 16.9 Å². The van der Waals surface area contributed by atoms with E-state index in [1.54, 1.807) is 12.1 Å². The van der Waals surface area contributed by atoms with Gasteiger partial charge in [0, 0.05) is 56.2 Å². The molecule has 48 heavy (non-hydrogen) atoms. The van der Waals surface area contributed by atoms with Crippen molar-refractivity contribution >= 4 is 28.6 Å². The number of H-pyrrole nitrogens is 1. The number of aromatic nitrogens is 1. The van der Waals surface area contributed by atoms with Crippen LogP contribution in [0, 0.1) is 0 Å². The van der Waals surface area contributed by atoms with Gasteiger partial charge in [-0.15, -0.1) is 0 Å². The maximum absolute atomic E-state index is 12.7. The monoisotopic (exact) mass is 655 g/mol. The Kier molecular flexibility index (Phi) is 12.6. The molecule has 1 aromatic heterocycles. The number of phenols is 1. The molecule has 254 valence electrons. The number of anilines is 1. The number of amides is 2. The van der Waals surface area contributed by atoms with Crippen LogP contribution in [0.2, 0.25) is 0 Å². The van der Waals surface area contributed by atoms with E-state index in [9.17, 15) is 24.6 Å². The third-order valence-corrected chi connectivity index (χ3v) is 8.67. The van der Waals surface area contributed by atoms with Crippen molar-refractivity contribution in [1.82, 2.24) is 20.5 Å². The molecule has 5 rings (SSSR count). The standard InChI is InChI=1S/C37H45N5O6/c43-32-15-13-29(30-14-16-35(46)41-36(30)32)33(44)25-38-20-7-2-8-21-39-34(45)19-24-42-22-17-27(18-23-42)48-37(47)40-31-12-6-5-11-28(31)26-9-3-1-4-10-26/h1,3-6,9-16,27,33,38,43-44H,2,7-8,17-25H2,(H,39,45)(H,40,47)(H,41,46). The lowest BCUT2D eigenvalue weighted by Crippen LogP contribution is -2.40. The van der Waals surface area contributed by atoms with Crippen LogP contribution in [-0.2, 0) is 9.53 Å². The minimum absolute atomic E-state index is 0.0332. The van der Waals surface area contributed by atoms with Crippen molar-refractivity contribution < 1.29 is 24.5 Å². The maximum atomic E-state index is 12.7. The van der Waals surface area contributed by atoms with E-state index in [4.69, 9.17) is 4.74 Å². The number of likely N-dealkylation sites (tertiary alicyclic amines) is 1. The van der Waals surface area contributed by atoms with Gasteiger partial charge >= 0.3 is 6.09 Å². The number of pyridine rings is 1. The van der Waals surface area contributed by atoms with Crippen molar-refractivity contribution in [2.45, 2.75) is 50.7 Å². The first-order valence-corrected chi connectivity index (χ1v) is 16.7. The van der Waals surface area contributed by atoms with Crippen LogP contribution in [0.5, 0.6) is 5.75 Å². The number of aromatic amines is 1. The molecule has 1 aliphatic heterocycles. The van der Waals surface area contributed by atoms with Crippen LogP contribution in [-0.4, -0.2) is 77.5 Å². The minimum Gasteiger partial charge on any atom is -0.506 e. The summed E-state index contributed by atoms with van der Waals surface area (Å²) >= 11 is 0. The highest BCUT2D eigenvalue weighted by Crippen LogP contribution is 2.29. The van der Waals surface area contributed by atoms with Gasteiger partial charge in [-0.3, -0.25) is 14.9 Å². The lowest BCUT2D eigenvalue weighted by Gasteiger charge is -2.31. The number of unbranched alkanes of at least 4 members (excludes halogenated alkanes) is 2. The summed E-state index contributed by atoms with van der Waals surface area (Å²) in [5, 5.41) is 30.5. The predicted octanol–water partition coefficient (Wildman–Crippen LogP) is 4.91. The molecule has 0 saturated carbocycles. The number of aliphatic hydroxyl groups excluding tert-OH is 1. The van der Waals surface area contributed by atoms with Crippen LogP contribution in [0.15, 0.2) is 83.7 Å². The van der Waals surface area contributed by atoms with Crippen molar-refractivity contribution in [1.29, 1.82) is 0 Å². The highest BCUT2D eigenvalue weighted by atomic mass is 16.6. The van der Waals surface area contributed by atoms with Gasteiger partial charge in [-0.25, -0.2) is 4.79 Å². The van der Waals surface area contributed by atoms with Crippen LogP contribution in [0.25, 0.3) is 22.0 Å². The number of hydrogen-bond donors (Lipinski definition) is 6. The fraction of sp³-hybridized carbons (Fsp3) is 0.378. The second-order valence-electron chi connectivity index (χ2n) is 12.1. The zero-order valence-corrected chi connectivity index (χ0v) is 27.1. The largest absolute Gasteiger partial charge is 0.506 e. The molecular weight excluding hydrogens is 610 g/mol. The number of benzene rings is 3. The van der Waals surface area contributed by atoms with Gasteiger partial charge in [-0.2, -0.15) is 0 Å². The Morgan fingerprint density at radius 3 is 2.48 bits per heavy atom. The summed E-state index contributed by atoms with van der Waals surface area (Å²) in [5.41, 5.74) is 3.32. The fourth-order valence-electron chi connectivity index (χ4n) is 6.03. The molecule has 4 aromatic rings. The van der Waals surface area contributed by atoms with Crippen molar-refractivity contribution in [3.05, 3.63) is 94.8 Å². The van der Waals surface area contributed by atoms with Gasteiger partial charge in [0.05, 0.1) is 17.3 Å². The van der Waals surface area contributed by atoms with Crippen molar-refractivity contribution in [2.75, 3.05) is 44.6 Å². The highest BCUT2D eigenvalue weighted by Gasteiger charge is 2.23. The number of piperidine rings is 1. The number of carbonyl (C=O) groups excluding carboxylic acids is 2. The van der Waals surface area contributed by atoms with Gasteiger partial charge in [0.15, 0.2) is 0 Å². The summed E-state index contributed by atoms with van der Waals surface area (Å²) in [6, 6.07) is 23.7. The third-order valence-electron chi connectivity index (χ3n) is 8.67. The number of nitrogens with one attached hydrogen (secondary N) is 4. The lowest BCUT2D eigenvalue weighted by atomic mass is 10.0. The molecule has 1 saturated heterocycles. The van der Waals surface area contributed by atoms with Gasteiger partial charge in [0.1, 0.15) is 11.9 Å². The zero-order valence-electron chi connectivity index (χ0n) is 27.1. The van der Waals surface area contributed by atoms with Crippen molar-refractivity contribution in [2.24, 2.45) is 0 Å².